The summed E-state index contributed by atoms with van der Waals surface area (Å²) in [5.74, 6) is 0.158. The van der Waals surface area contributed by atoms with Gasteiger partial charge < -0.3 is 14.5 Å². The number of ether oxygens (including phenoxy) is 1. The quantitative estimate of drug-likeness (QED) is 0.336. The highest BCUT2D eigenvalue weighted by Gasteiger charge is 2.56. The Bertz CT molecular complexity index is 1920. The lowest BCUT2D eigenvalue weighted by atomic mass is 9.97. The summed E-state index contributed by atoms with van der Waals surface area (Å²) in [6.07, 6.45) is 3.36. The average molecular weight is 604 g/mol. The predicted molar refractivity (Wildman–Crippen MR) is 158 cm³/mol. The average Bonchev–Trinajstić information content (AvgIpc) is 3.43. The van der Waals surface area contributed by atoms with Gasteiger partial charge in [-0.1, -0.05) is 18.2 Å². The van der Waals surface area contributed by atoms with Crippen LogP contribution in [0, 0.1) is 17.1 Å². The highest BCUT2D eigenvalue weighted by molar-refractivity contribution is 7.95. The molecule has 222 valence electrons. The topological polar surface area (TPSA) is 134 Å². The van der Waals surface area contributed by atoms with Crippen molar-refractivity contribution < 1.29 is 22.3 Å². The molecule has 2 saturated heterocycles. The number of aromatic nitrogens is 4. The van der Waals surface area contributed by atoms with Gasteiger partial charge in [0.2, 0.25) is 11.6 Å². The van der Waals surface area contributed by atoms with Crippen LogP contribution < -0.4 is 9.64 Å². The van der Waals surface area contributed by atoms with E-state index in [4.69, 9.17) is 9.72 Å². The first-order valence-electron chi connectivity index (χ1n) is 13.9. The Morgan fingerprint density at radius 3 is 2.58 bits per heavy atom. The van der Waals surface area contributed by atoms with Crippen LogP contribution in [-0.4, -0.2) is 81.8 Å². The minimum absolute atomic E-state index is 0.0231. The van der Waals surface area contributed by atoms with E-state index in [-0.39, 0.29) is 29.4 Å². The number of piperazine rings is 1. The first-order valence-corrected chi connectivity index (χ1v) is 15.5. The summed E-state index contributed by atoms with van der Waals surface area (Å²) in [5, 5.41) is 14.6. The van der Waals surface area contributed by atoms with Crippen molar-refractivity contribution in [2.75, 3.05) is 30.9 Å². The predicted octanol–water partition coefficient (Wildman–Crippen LogP) is 3.50. The van der Waals surface area contributed by atoms with E-state index in [2.05, 4.69) is 15.0 Å². The van der Waals surface area contributed by atoms with Gasteiger partial charge in [-0.3, -0.25) is 4.79 Å². The maximum atomic E-state index is 14.4. The number of fused-ring (bicyclic) bond motifs is 1. The molecule has 11 nitrogen and oxygen atoms in total. The zero-order valence-corrected chi connectivity index (χ0v) is 25.0. The molecule has 2 aromatic heterocycles. The zero-order valence-electron chi connectivity index (χ0n) is 24.2. The summed E-state index contributed by atoms with van der Waals surface area (Å²) in [6.45, 7) is 6.06. The smallest absolute Gasteiger partial charge is 0.244 e. The van der Waals surface area contributed by atoms with E-state index in [0.717, 1.165) is 0 Å². The van der Waals surface area contributed by atoms with Crippen molar-refractivity contribution in [3.05, 3.63) is 60.4 Å². The molecule has 13 heteroatoms. The van der Waals surface area contributed by atoms with Crippen molar-refractivity contribution in [1.29, 1.82) is 5.26 Å². The Labute approximate surface area is 248 Å². The van der Waals surface area contributed by atoms with Crippen LogP contribution in [0.5, 0.6) is 5.75 Å². The molecule has 4 heterocycles. The van der Waals surface area contributed by atoms with Crippen LogP contribution in [0.15, 0.2) is 48.9 Å². The van der Waals surface area contributed by atoms with Crippen molar-refractivity contribution in [2.24, 2.45) is 0 Å². The first kappa shape index (κ1) is 28.5. The van der Waals surface area contributed by atoms with Gasteiger partial charge in [0.05, 0.1) is 30.1 Å². The van der Waals surface area contributed by atoms with E-state index in [9.17, 15) is 22.9 Å². The number of methoxy groups -OCH3 is 1. The molecule has 2 fully saturated rings. The van der Waals surface area contributed by atoms with Crippen molar-refractivity contribution >= 4 is 32.5 Å². The second-order valence-corrected chi connectivity index (χ2v) is 13.8. The number of anilines is 1. The number of nitrogens with zero attached hydrogens (tertiary/aromatic N) is 7. The molecule has 0 bridgehead atoms. The van der Waals surface area contributed by atoms with E-state index >= 15 is 0 Å². The summed E-state index contributed by atoms with van der Waals surface area (Å²) in [7, 11) is -2.02. The van der Waals surface area contributed by atoms with Gasteiger partial charge in [-0.2, -0.15) is 10.4 Å². The second kappa shape index (κ2) is 10.3. The van der Waals surface area contributed by atoms with Crippen LogP contribution in [0.25, 0.3) is 27.7 Å². The van der Waals surface area contributed by atoms with Crippen LogP contribution in [0.2, 0.25) is 0 Å². The number of hydrogen-bond acceptors (Lipinski definition) is 9. The summed E-state index contributed by atoms with van der Waals surface area (Å²) < 4.78 is 44.9. The Morgan fingerprint density at radius 2 is 1.95 bits per heavy atom. The fourth-order valence-electron chi connectivity index (χ4n) is 5.97. The molecular formula is C30H30FN7O4S. The lowest BCUT2D eigenvalue weighted by molar-refractivity contribution is -0.137. The number of benzene rings is 2. The van der Waals surface area contributed by atoms with Crippen molar-refractivity contribution in [3.63, 3.8) is 0 Å². The van der Waals surface area contributed by atoms with Crippen molar-refractivity contribution in [2.45, 2.75) is 44.0 Å². The second-order valence-electron chi connectivity index (χ2n) is 11.3. The van der Waals surface area contributed by atoms with Gasteiger partial charge in [0.1, 0.15) is 34.3 Å². The van der Waals surface area contributed by atoms with Gasteiger partial charge in [-0.25, -0.2) is 27.5 Å². The highest BCUT2D eigenvalue weighted by Crippen LogP contribution is 2.40. The Balaban J connectivity index is 1.48. The molecule has 2 aliphatic rings. The summed E-state index contributed by atoms with van der Waals surface area (Å²) in [5.41, 5.74) is 2.52. The number of sulfone groups is 1. The monoisotopic (exact) mass is 603 g/mol. The standard InChI is InChI=1S/C30H30FN7O4S/c1-18-15-37(29(39)30(3)10-11-43(30,40)41)19(2)14-36(18)28-26-22(20-6-5-7-21(31)12-20)8-9-24(27(26)33-17-34-28)38-16-25(42-4)23(13-32)35-38/h5-9,12,16-19H,10-11,14-15H2,1-4H3/t18-,19+,30+/m0/s1. The number of amides is 1. The molecule has 0 spiro atoms. The van der Waals surface area contributed by atoms with Gasteiger partial charge in [0.25, 0.3) is 0 Å². The third-order valence-corrected chi connectivity index (χ3v) is 11.1. The van der Waals surface area contributed by atoms with Gasteiger partial charge in [0.15, 0.2) is 15.6 Å². The third kappa shape index (κ3) is 4.48. The number of nitriles is 1. The molecule has 0 N–H and O–H groups in total. The molecule has 0 radical (unpaired) electrons. The Kier molecular flexibility index (Phi) is 6.84. The third-order valence-electron chi connectivity index (χ3n) is 8.64. The zero-order chi connectivity index (χ0) is 30.7. The summed E-state index contributed by atoms with van der Waals surface area (Å²) in [6, 6.07) is 11.4. The van der Waals surface area contributed by atoms with E-state index in [1.807, 2.05) is 26.0 Å². The van der Waals surface area contributed by atoms with Crippen LogP contribution in [0.4, 0.5) is 10.2 Å². The molecule has 0 unspecified atom stereocenters. The molecule has 0 aliphatic carbocycles. The maximum Gasteiger partial charge on any atom is 0.244 e. The normalized spacial score (nSPS) is 23.1. The van der Waals surface area contributed by atoms with Crippen molar-refractivity contribution in [3.8, 4) is 28.6 Å². The van der Waals surface area contributed by atoms with E-state index in [1.165, 1.54) is 37.2 Å². The number of hydrogen-bond donors (Lipinski definition) is 0. The lowest BCUT2D eigenvalue weighted by Crippen LogP contribution is -2.66. The fourth-order valence-corrected chi connectivity index (χ4v) is 7.51. The minimum Gasteiger partial charge on any atom is -0.492 e. The van der Waals surface area contributed by atoms with Crippen LogP contribution in [-0.2, 0) is 14.6 Å². The molecule has 0 saturated carbocycles. The molecule has 3 atom stereocenters. The van der Waals surface area contributed by atoms with Gasteiger partial charge in [0, 0.05) is 25.2 Å². The molecule has 4 aromatic rings. The highest BCUT2D eigenvalue weighted by atomic mass is 32.2. The number of carbonyl (C=O) groups excluding carboxylic acids is 1. The number of halogens is 1. The fraction of sp³-hybridized carbons (Fsp3) is 0.367. The number of carbonyl (C=O) groups is 1. The molecule has 43 heavy (non-hydrogen) atoms. The maximum absolute atomic E-state index is 14.4. The van der Waals surface area contributed by atoms with Gasteiger partial charge in [-0.15, -0.1) is 0 Å². The largest absolute Gasteiger partial charge is 0.492 e. The van der Waals surface area contributed by atoms with E-state index in [0.29, 0.717) is 58.8 Å². The molecule has 6 rings (SSSR count). The summed E-state index contributed by atoms with van der Waals surface area (Å²) in [4.78, 5) is 26.6. The Hall–Kier alpha value is -4.57. The van der Waals surface area contributed by atoms with Gasteiger partial charge in [-0.05, 0) is 56.5 Å². The first-order chi connectivity index (χ1) is 20.5. The van der Waals surface area contributed by atoms with E-state index < -0.39 is 20.4 Å². The SMILES string of the molecule is COc1cn(-c2ccc(-c3cccc(F)c3)c3c(N4C[C@@H](C)N(C(=O)[C@@]5(C)CCS5(=O)=O)C[C@@H]4C)ncnc23)nc1C#N. The molecule has 1 amide bonds. The lowest BCUT2D eigenvalue weighted by Gasteiger charge is -2.48. The number of rotatable bonds is 5. The molecule has 2 aromatic carbocycles. The molecule has 2 aliphatic heterocycles. The van der Waals surface area contributed by atoms with Crippen LogP contribution in [0.1, 0.15) is 32.9 Å². The van der Waals surface area contributed by atoms with Crippen molar-refractivity contribution in [1.82, 2.24) is 24.6 Å². The van der Waals surface area contributed by atoms with Crippen LogP contribution in [0.3, 0.4) is 0 Å². The van der Waals surface area contributed by atoms with Crippen LogP contribution >= 0.6 is 0 Å². The minimum atomic E-state index is -3.48. The van der Waals surface area contributed by atoms with E-state index in [1.54, 1.807) is 29.3 Å². The van der Waals surface area contributed by atoms with Gasteiger partial charge >= 0.3 is 0 Å². The molecular weight excluding hydrogens is 573 g/mol. The Morgan fingerprint density at radius 1 is 1.16 bits per heavy atom. The summed E-state index contributed by atoms with van der Waals surface area (Å²) >= 11 is 0.